The Balaban J connectivity index is 1.70. The summed E-state index contributed by atoms with van der Waals surface area (Å²) in [4.78, 5) is 16.8. The van der Waals surface area contributed by atoms with Crippen molar-refractivity contribution < 1.29 is 9.66 Å². The Morgan fingerprint density at radius 2 is 1.96 bits per heavy atom. The Bertz CT molecular complexity index is 657. The predicted octanol–water partition coefficient (Wildman–Crippen LogP) is 2.48. The summed E-state index contributed by atoms with van der Waals surface area (Å²) >= 11 is 0. The highest BCUT2D eigenvalue weighted by atomic mass is 16.6. The summed E-state index contributed by atoms with van der Waals surface area (Å²) in [5, 5.41) is 14.0. The number of nitrogens with one attached hydrogen (secondary N) is 1. The fourth-order valence-corrected chi connectivity index (χ4v) is 2.82. The first-order valence-corrected chi connectivity index (χ1v) is 7.95. The van der Waals surface area contributed by atoms with Crippen molar-refractivity contribution in [2.24, 2.45) is 0 Å². The van der Waals surface area contributed by atoms with Crippen LogP contribution in [0.2, 0.25) is 0 Å². The third-order valence-electron chi connectivity index (χ3n) is 4.11. The zero-order chi connectivity index (χ0) is 16.8. The van der Waals surface area contributed by atoms with Gasteiger partial charge in [0.1, 0.15) is 12.0 Å². The van der Waals surface area contributed by atoms with Crippen molar-refractivity contribution in [3.05, 3.63) is 64.3 Å². The summed E-state index contributed by atoms with van der Waals surface area (Å²) in [7, 11) is 0. The van der Waals surface area contributed by atoms with Gasteiger partial charge in [-0.15, -0.1) is 0 Å². The minimum atomic E-state index is -0.447. The summed E-state index contributed by atoms with van der Waals surface area (Å²) < 4.78 is 5.45. The molecule has 0 amide bonds. The lowest BCUT2D eigenvalue weighted by molar-refractivity contribution is -0.385. The van der Waals surface area contributed by atoms with Crippen LogP contribution in [0.1, 0.15) is 11.6 Å². The molecule has 0 saturated carbocycles. The van der Waals surface area contributed by atoms with E-state index in [0.29, 0.717) is 12.4 Å². The van der Waals surface area contributed by atoms with Gasteiger partial charge in [-0.3, -0.25) is 15.0 Å². The number of aromatic nitrogens is 1. The van der Waals surface area contributed by atoms with Crippen molar-refractivity contribution in [1.29, 1.82) is 0 Å². The van der Waals surface area contributed by atoms with Gasteiger partial charge in [0.05, 0.1) is 24.2 Å². The van der Waals surface area contributed by atoms with Gasteiger partial charge >= 0.3 is 0 Å². The van der Waals surface area contributed by atoms with Gasteiger partial charge in [0.25, 0.3) is 5.69 Å². The lowest BCUT2D eigenvalue weighted by atomic mass is 10.0. The molecule has 1 aromatic carbocycles. The lowest BCUT2D eigenvalue weighted by Gasteiger charge is -2.35. The number of ether oxygens (including phenoxy) is 1. The average Bonchev–Trinajstić information content (AvgIpc) is 2.64. The summed E-state index contributed by atoms with van der Waals surface area (Å²) in [5.41, 5.74) is 1.22. The molecule has 1 fully saturated rings. The predicted molar refractivity (Wildman–Crippen MR) is 91.0 cm³/mol. The van der Waals surface area contributed by atoms with Crippen molar-refractivity contribution in [2.45, 2.75) is 6.04 Å². The smallest absolute Gasteiger partial charge is 0.287 e. The van der Waals surface area contributed by atoms with Crippen LogP contribution in [0.4, 0.5) is 11.5 Å². The standard InChI is InChI=1S/C17H20N4O3/c22-21(23)15-6-7-17(18-12-15)19-13-16(14-4-2-1-3-5-14)20-8-10-24-11-9-20/h1-7,12,16H,8-11,13H2,(H,18,19). The zero-order valence-corrected chi connectivity index (χ0v) is 13.3. The number of morpholine rings is 1. The van der Waals surface area contributed by atoms with Crippen molar-refractivity contribution >= 4 is 11.5 Å². The number of pyridine rings is 1. The third kappa shape index (κ3) is 4.06. The Kier molecular flexibility index (Phi) is 5.35. The van der Waals surface area contributed by atoms with E-state index >= 15 is 0 Å². The molecule has 1 unspecified atom stereocenters. The molecule has 1 saturated heterocycles. The molecule has 0 radical (unpaired) electrons. The molecular weight excluding hydrogens is 308 g/mol. The van der Waals surface area contributed by atoms with E-state index in [1.165, 1.54) is 17.8 Å². The summed E-state index contributed by atoms with van der Waals surface area (Å²) in [6.07, 6.45) is 1.27. The van der Waals surface area contributed by atoms with Crippen LogP contribution < -0.4 is 5.32 Å². The lowest BCUT2D eigenvalue weighted by Crippen LogP contribution is -2.41. The molecule has 7 nitrogen and oxygen atoms in total. The third-order valence-corrected chi connectivity index (χ3v) is 4.11. The fourth-order valence-electron chi connectivity index (χ4n) is 2.82. The van der Waals surface area contributed by atoms with Crippen molar-refractivity contribution in [3.8, 4) is 0 Å². The summed E-state index contributed by atoms with van der Waals surface area (Å²) in [6.45, 7) is 3.91. The van der Waals surface area contributed by atoms with E-state index in [-0.39, 0.29) is 11.7 Å². The van der Waals surface area contributed by atoms with Crippen LogP contribution in [0.25, 0.3) is 0 Å². The maximum atomic E-state index is 10.7. The Labute approximate surface area is 140 Å². The van der Waals surface area contributed by atoms with Crippen LogP contribution in [-0.4, -0.2) is 47.7 Å². The number of benzene rings is 1. The SMILES string of the molecule is O=[N+]([O-])c1ccc(NCC(c2ccccc2)N2CCOCC2)nc1. The maximum absolute atomic E-state index is 10.7. The first-order valence-electron chi connectivity index (χ1n) is 7.95. The van der Waals surface area contributed by atoms with Gasteiger partial charge in [-0.2, -0.15) is 0 Å². The molecule has 1 atom stereocenters. The normalized spacial score (nSPS) is 16.5. The molecule has 0 bridgehead atoms. The number of nitrogens with zero attached hydrogens (tertiary/aromatic N) is 3. The van der Waals surface area contributed by atoms with Crippen LogP contribution in [0.15, 0.2) is 48.7 Å². The monoisotopic (exact) mass is 328 g/mol. The average molecular weight is 328 g/mol. The van der Waals surface area contributed by atoms with Crippen molar-refractivity contribution in [2.75, 3.05) is 38.2 Å². The molecule has 1 aliphatic rings. The first kappa shape index (κ1) is 16.4. The van der Waals surface area contributed by atoms with Crippen molar-refractivity contribution in [3.63, 3.8) is 0 Å². The van der Waals surface area contributed by atoms with Gasteiger partial charge < -0.3 is 10.1 Å². The van der Waals surface area contributed by atoms with E-state index in [4.69, 9.17) is 4.74 Å². The molecule has 1 N–H and O–H groups in total. The van der Waals surface area contributed by atoms with Gasteiger partial charge in [-0.05, 0) is 11.6 Å². The molecule has 1 aromatic heterocycles. The van der Waals surface area contributed by atoms with Gasteiger partial charge in [0, 0.05) is 25.7 Å². The van der Waals surface area contributed by atoms with Gasteiger partial charge in [-0.25, -0.2) is 4.98 Å². The Hall–Kier alpha value is -2.51. The summed E-state index contributed by atoms with van der Waals surface area (Å²) in [6, 6.07) is 13.6. The second-order valence-electron chi connectivity index (χ2n) is 5.61. The summed E-state index contributed by atoms with van der Waals surface area (Å²) in [5.74, 6) is 0.634. The first-order chi connectivity index (χ1) is 11.7. The van der Waals surface area contributed by atoms with E-state index < -0.39 is 4.92 Å². The molecule has 7 heteroatoms. The molecule has 2 heterocycles. The quantitative estimate of drug-likeness (QED) is 0.648. The molecular formula is C17H20N4O3. The highest BCUT2D eigenvalue weighted by Gasteiger charge is 2.22. The molecule has 2 aromatic rings. The van der Waals surface area contributed by atoms with Crippen LogP contribution >= 0.6 is 0 Å². The molecule has 126 valence electrons. The topological polar surface area (TPSA) is 80.5 Å². The molecule has 0 aliphatic carbocycles. The van der Waals surface area contributed by atoms with E-state index in [9.17, 15) is 10.1 Å². The number of hydrogen-bond donors (Lipinski definition) is 1. The van der Waals surface area contributed by atoms with E-state index in [1.54, 1.807) is 6.07 Å². The highest BCUT2D eigenvalue weighted by Crippen LogP contribution is 2.22. The van der Waals surface area contributed by atoms with Crippen LogP contribution in [-0.2, 0) is 4.74 Å². The minimum absolute atomic E-state index is 0.00617. The van der Waals surface area contributed by atoms with E-state index in [0.717, 1.165) is 26.3 Å². The fraction of sp³-hybridized carbons (Fsp3) is 0.353. The number of anilines is 1. The van der Waals surface area contributed by atoms with Crippen LogP contribution in [0.3, 0.4) is 0 Å². The van der Waals surface area contributed by atoms with E-state index in [1.807, 2.05) is 18.2 Å². The zero-order valence-electron chi connectivity index (χ0n) is 13.3. The second-order valence-corrected chi connectivity index (χ2v) is 5.61. The van der Waals surface area contributed by atoms with Crippen molar-refractivity contribution in [1.82, 2.24) is 9.88 Å². The van der Waals surface area contributed by atoms with E-state index in [2.05, 4.69) is 27.3 Å². The Morgan fingerprint density at radius 1 is 1.21 bits per heavy atom. The Morgan fingerprint density at radius 3 is 2.58 bits per heavy atom. The number of rotatable bonds is 6. The minimum Gasteiger partial charge on any atom is -0.379 e. The largest absolute Gasteiger partial charge is 0.379 e. The molecule has 3 rings (SSSR count). The molecule has 1 aliphatic heterocycles. The van der Waals surface area contributed by atoms with Crippen LogP contribution in [0, 0.1) is 10.1 Å². The van der Waals surface area contributed by atoms with Gasteiger partial charge in [-0.1, -0.05) is 30.3 Å². The highest BCUT2D eigenvalue weighted by molar-refractivity contribution is 5.40. The second kappa shape index (κ2) is 7.85. The molecule has 0 spiro atoms. The van der Waals surface area contributed by atoms with Gasteiger partial charge in [0.15, 0.2) is 0 Å². The number of hydrogen-bond acceptors (Lipinski definition) is 6. The number of nitro groups is 1. The maximum Gasteiger partial charge on any atom is 0.287 e. The molecule has 24 heavy (non-hydrogen) atoms. The van der Waals surface area contributed by atoms with Crippen LogP contribution in [0.5, 0.6) is 0 Å². The van der Waals surface area contributed by atoms with Gasteiger partial charge in [0.2, 0.25) is 0 Å².